The molecule has 1 amide bonds. The van der Waals surface area contributed by atoms with Gasteiger partial charge in [0.1, 0.15) is 11.7 Å². The van der Waals surface area contributed by atoms with E-state index >= 15 is 0 Å². The van der Waals surface area contributed by atoms with Gasteiger partial charge in [0.25, 0.3) is 5.91 Å². The Morgan fingerprint density at radius 2 is 2.05 bits per heavy atom. The topological polar surface area (TPSA) is 88.5 Å². The van der Waals surface area contributed by atoms with Gasteiger partial charge in [-0.05, 0) is 12.8 Å². The molecule has 0 bridgehead atoms. The summed E-state index contributed by atoms with van der Waals surface area (Å²) in [6.45, 7) is 0.394. The lowest BCUT2D eigenvalue weighted by atomic mass is 10.1. The number of carbonyl (C=O) groups is 2. The lowest BCUT2D eigenvalue weighted by Gasteiger charge is -2.14. The van der Waals surface area contributed by atoms with Crippen molar-refractivity contribution < 1.29 is 19.4 Å². The maximum absolute atomic E-state index is 12.0. The second-order valence-electron chi connectivity index (χ2n) is 4.08. The molecule has 1 aromatic rings. The number of aromatic nitrogens is 1. The van der Waals surface area contributed by atoms with Crippen LogP contribution in [-0.4, -0.2) is 41.7 Å². The average molecular weight is 356 g/mol. The van der Waals surface area contributed by atoms with Crippen LogP contribution >= 0.6 is 34.8 Å². The van der Waals surface area contributed by atoms with E-state index in [9.17, 15) is 9.59 Å². The van der Waals surface area contributed by atoms with Crippen molar-refractivity contribution in [3.63, 3.8) is 0 Å². The fourth-order valence-corrected chi connectivity index (χ4v) is 2.08. The Labute approximate surface area is 136 Å². The molecule has 6 nitrogen and oxygen atoms in total. The molecule has 9 heteroatoms. The van der Waals surface area contributed by atoms with Gasteiger partial charge in [-0.3, -0.25) is 4.79 Å². The lowest BCUT2D eigenvalue weighted by Crippen LogP contribution is -2.41. The number of rotatable bonds is 7. The summed E-state index contributed by atoms with van der Waals surface area (Å²) in [7, 11) is 1.51. The number of pyridine rings is 1. The molecule has 116 valence electrons. The SMILES string of the molecule is COCCCC(NC(=O)c1ncc(Cl)c(Cl)c1Cl)C(=O)O. The molecule has 1 aromatic heterocycles. The zero-order valence-electron chi connectivity index (χ0n) is 11.0. The van der Waals surface area contributed by atoms with Crippen LogP contribution in [0.25, 0.3) is 0 Å². The first-order valence-corrected chi connectivity index (χ1v) is 7.04. The highest BCUT2D eigenvalue weighted by molar-refractivity contribution is 6.48. The molecular weight excluding hydrogens is 343 g/mol. The fraction of sp³-hybridized carbons (Fsp3) is 0.417. The number of nitrogens with zero attached hydrogens (tertiary/aromatic N) is 1. The predicted molar refractivity (Wildman–Crippen MR) is 79.3 cm³/mol. The van der Waals surface area contributed by atoms with Crippen LogP contribution in [0.15, 0.2) is 6.20 Å². The minimum absolute atomic E-state index is 0.00950. The summed E-state index contributed by atoms with van der Waals surface area (Å²) in [5, 5.41) is 11.4. The number of hydrogen-bond donors (Lipinski definition) is 2. The van der Waals surface area contributed by atoms with Crippen molar-refractivity contribution in [1.82, 2.24) is 10.3 Å². The summed E-state index contributed by atoms with van der Waals surface area (Å²) in [6.07, 6.45) is 1.87. The van der Waals surface area contributed by atoms with Gasteiger partial charge in [-0.25, -0.2) is 9.78 Å². The summed E-state index contributed by atoms with van der Waals surface area (Å²) < 4.78 is 4.84. The summed E-state index contributed by atoms with van der Waals surface area (Å²) in [5.74, 6) is -1.89. The van der Waals surface area contributed by atoms with Gasteiger partial charge in [0.15, 0.2) is 0 Å². The van der Waals surface area contributed by atoms with E-state index in [0.29, 0.717) is 13.0 Å². The van der Waals surface area contributed by atoms with Gasteiger partial charge in [-0.1, -0.05) is 34.8 Å². The number of hydrogen-bond acceptors (Lipinski definition) is 4. The van der Waals surface area contributed by atoms with Crippen LogP contribution < -0.4 is 5.32 Å². The molecule has 1 atom stereocenters. The first-order chi connectivity index (χ1) is 9.88. The third-order valence-corrected chi connectivity index (χ3v) is 3.82. The van der Waals surface area contributed by atoms with Gasteiger partial charge in [-0.15, -0.1) is 0 Å². The summed E-state index contributed by atoms with van der Waals surface area (Å²) in [5.41, 5.74) is -0.177. The van der Waals surface area contributed by atoms with Gasteiger partial charge in [0, 0.05) is 19.9 Å². The molecular formula is C12H13Cl3N2O4. The number of carbonyl (C=O) groups excluding carboxylic acids is 1. The van der Waals surface area contributed by atoms with Gasteiger partial charge in [0.2, 0.25) is 0 Å². The molecule has 1 heterocycles. The third-order valence-electron chi connectivity index (χ3n) is 2.58. The zero-order chi connectivity index (χ0) is 16.0. The van der Waals surface area contributed by atoms with Crippen molar-refractivity contribution in [2.75, 3.05) is 13.7 Å². The maximum Gasteiger partial charge on any atom is 0.326 e. The first-order valence-electron chi connectivity index (χ1n) is 5.90. The Balaban J connectivity index is 2.82. The highest BCUT2D eigenvalue weighted by Crippen LogP contribution is 2.31. The number of amides is 1. The first kappa shape index (κ1) is 18.0. The Morgan fingerprint density at radius 3 is 2.62 bits per heavy atom. The molecule has 21 heavy (non-hydrogen) atoms. The largest absolute Gasteiger partial charge is 0.480 e. The molecule has 0 aromatic carbocycles. The van der Waals surface area contributed by atoms with Crippen LogP contribution in [0.3, 0.4) is 0 Å². The van der Waals surface area contributed by atoms with Crippen molar-refractivity contribution in [3.05, 3.63) is 27.0 Å². The molecule has 1 unspecified atom stereocenters. The maximum atomic E-state index is 12.0. The van der Waals surface area contributed by atoms with E-state index in [1.807, 2.05) is 0 Å². The number of carboxylic acid groups (broad SMARTS) is 1. The van der Waals surface area contributed by atoms with Gasteiger partial charge in [0.05, 0.1) is 15.1 Å². The zero-order valence-corrected chi connectivity index (χ0v) is 13.3. The minimum atomic E-state index is -1.16. The van der Waals surface area contributed by atoms with Crippen molar-refractivity contribution in [3.8, 4) is 0 Å². The number of methoxy groups -OCH3 is 1. The second kappa shape index (κ2) is 8.38. The van der Waals surface area contributed by atoms with Crippen LogP contribution in [0.4, 0.5) is 0 Å². The van der Waals surface area contributed by atoms with E-state index in [4.69, 9.17) is 44.6 Å². The summed E-state index contributed by atoms with van der Waals surface area (Å²) in [4.78, 5) is 26.9. The Morgan fingerprint density at radius 1 is 1.38 bits per heavy atom. The molecule has 2 N–H and O–H groups in total. The standard InChI is InChI=1S/C12H13Cl3N2O4/c1-21-4-2-3-7(12(19)20)17-11(18)10-9(15)8(14)6(13)5-16-10/h5,7H,2-4H2,1H3,(H,17,18)(H,19,20). The van der Waals surface area contributed by atoms with Crippen molar-refractivity contribution in [2.24, 2.45) is 0 Å². The van der Waals surface area contributed by atoms with Crippen LogP contribution in [0.5, 0.6) is 0 Å². The van der Waals surface area contributed by atoms with E-state index in [2.05, 4.69) is 10.3 Å². The van der Waals surface area contributed by atoms with Crippen molar-refractivity contribution in [2.45, 2.75) is 18.9 Å². The molecule has 0 aliphatic carbocycles. The van der Waals surface area contributed by atoms with Gasteiger partial charge < -0.3 is 15.2 Å². The normalized spacial score (nSPS) is 12.0. The quantitative estimate of drug-likeness (QED) is 0.734. The molecule has 0 aliphatic rings. The second-order valence-corrected chi connectivity index (χ2v) is 5.25. The third kappa shape index (κ3) is 5.00. The van der Waals surface area contributed by atoms with Crippen LogP contribution in [0.2, 0.25) is 15.1 Å². The molecule has 0 fully saturated rings. The molecule has 0 radical (unpaired) electrons. The summed E-state index contributed by atoms with van der Waals surface area (Å²) >= 11 is 17.4. The average Bonchev–Trinajstić information content (AvgIpc) is 2.43. The Bertz CT molecular complexity index is 539. The fourth-order valence-electron chi connectivity index (χ4n) is 1.52. The number of carboxylic acids is 1. The molecule has 0 spiro atoms. The van der Waals surface area contributed by atoms with E-state index in [1.54, 1.807) is 0 Å². The Kier molecular flexibility index (Phi) is 7.17. The Hall–Kier alpha value is -1.08. The minimum Gasteiger partial charge on any atom is -0.480 e. The summed E-state index contributed by atoms with van der Waals surface area (Å²) in [6, 6.07) is -1.07. The number of ether oxygens (including phenoxy) is 1. The van der Waals surface area contributed by atoms with Crippen molar-refractivity contribution >= 4 is 46.7 Å². The van der Waals surface area contributed by atoms with Crippen LogP contribution in [0, 0.1) is 0 Å². The van der Waals surface area contributed by atoms with E-state index in [-0.39, 0.29) is 27.2 Å². The van der Waals surface area contributed by atoms with E-state index in [1.165, 1.54) is 13.3 Å². The lowest BCUT2D eigenvalue weighted by molar-refractivity contribution is -0.139. The van der Waals surface area contributed by atoms with Crippen LogP contribution in [-0.2, 0) is 9.53 Å². The van der Waals surface area contributed by atoms with Gasteiger partial charge in [-0.2, -0.15) is 0 Å². The molecule has 0 aliphatic heterocycles. The van der Waals surface area contributed by atoms with Crippen LogP contribution in [0.1, 0.15) is 23.3 Å². The van der Waals surface area contributed by atoms with Gasteiger partial charge >= 0.3 is 5.97 Å². The molecule has 0 saturated carbocycles. The predicted octanol–water partition coefficient (Wildman–Crippen LogP) is 2.65. The number of nitrogens with one attached hydrogen (secondary N) is 1. The highest BCUT2D eigenvalue weighted by Gasteiger charge is 2.23. The van der Waals surface area contributed by atoms with E-state index < -0.39 is 17.9 Å². The smallest absolute Gasteiger partial charge is 0.326 e. The van der Waals surface area contributed by atoms with E-state index in [0.717, 1.165) is 0 Å². The number of aliphatic carboxylic acids is 1. The number of halogens is 3. The highest BCUT2D eigenvalue weighted by atomic mass is 35.5. The van der Waals surface area contributed by atoms with Crippen molar-refractivity contribution in [1.29, 1.82) is 0 Å². The monoisotopic (exact) mass is 354 g/mol. The molecule has 0 saturated heterocycles. The molecule has 1 rings (SSSR count).